The molecule has 0 aliphatic heterocycles. The Hall–Kier alpha value is -0.950. The number of rotatable bonds is 4. The van der Waals surface area contributed by atoms with Crippen molar-refractivity contribution >= 4 is 13.7 Å². The van der Waals surface area contributed by atoms with Crippen molar-refractivity contribution in [1.29, 1.82) is 0 Å². The van der Waals surface area contributed by atoms with Gasteiger partial charge in [-0.3, -0.25) is 0 Å². The van der Waals surface area contributed by atoms with Crippen LogP contribution in [-0.4, -0.2) is 23.3 Å². The topological polar surface area (TPSA) is 32.3 Å². The van der Waals surface area contributed by atoms with Crippen LogP contribution in [0, 0.1) is 10.8 Å². The van der Waals surface area contributed by atoms with Crippen molar-refractivity contribution in [3.8, 4) is 0 Å². The van der Waals surface area contributed by atoms with Crippen LogP contribution in [0.1, 0.15) is 47.1 Å². The molecule has 0 amide bonds. The van der Waals surface area contributed by atoms with Crippen LogP contribution < -0.4 is 5.11 Å². The lowest BCUT2D eigenvalue weighted by atomic mass is 9.56. The Morgan fingerprint density at radius 1 is 1.13 bits per heavy atom. The molecule has 0 spiro atoms. The molecule has 1 aromatic rings. The molecule has 1 aliphatic rings. The molecule has 2 rings (SSSR count). The average molecular weight is 331 g/mol. The molecule has 2 atom stereocenters. The largest absolute Gasteiger partial charge is 0.824 e. The van der Waals surface area contributed by atoms with Crippen molar-refractivity contribution in [3.05, 3.63) is 48.0 Å². The minimum absolute atomic E-state index is 0.0590. The lowest BCUT2D eigenvalue weighted by Crippen LogP contribution is -2.55. The van der Waals surface area contributed by atoms with E-state index in [1.54, 1.807) is 0 Å². The number of hydrogen-bond acceptors (Lipinski definition) is 2. The fraction of sp³-hybridized carbons (Fsp3) is 0.550. The van der Waals surface area contributed by atoms with Gasteiger partial charge in [0.1, 0.15) is 0 Å². The first kappa shape index (κ1) is 18.4. The summed E-state index contributed by atoms with van der Waals surface area (Å²) in [4.78, 5) is 0. The molecule has 0 radical (unpaired) electrons. The molecular formula is C20H28O2P-. The van der Waals surface area contributed by atoms with E-state index in [0.717, 1.165) is 13.8 Å². The van der Waals surface area contributed by atoms with Crippen LogP contribution in [0.2, 0.25) is 0 Å². The van der Waals surface area contributed by atoms with Crippen molar-refractivity contribution in [3.63, 3.8) is 0 Å². The van der Waals surface area contributed by atoms with E-state index in [1.807, 2.05) is 37.3 Å². The summed E-state index contributed by atoms with van der Waals surface area (Å²) in [5.41, 5.74) is 0.817. The maximum atomic E-state index is 12.7. The molecule has 23 heavy (non-hydrogen) atoms. The van der Waals surface area contributed by atoms with Gasteiger partial charge in [0, 0.05) is 17.2 Å². The van der Waals surface area contributed by atoms with Gasteiger partial charge in [0.25, 0.3) is 0 Å². The molecule has 0 saturated heterocycles. The summed E-state index contributed by atoms with van der Waals surface area (Å²) in [6, 6.07) is 9.57. The quantitative estimate of drug-likeness (QED) is 0.610. The number of ether oxygens (including phenoxy) is 1. The molecule has 2 nitrogen and oxygen atoms in total. The minimum atomic E-state index is -0.225. The summed E-state index contributed by atoms with van der Waals surface area (Å²) in [6.07, 6.45) is 4.43. The van der Waals surface area contributed by atoms with Crippen molar-refractivity contribution in [2.24, 2.45) is 10.8 Å². The summed E-state index contributed by atoms with van der Waals surface area (Å²) in [5.74, 6) is 0. The van der Waals surface area contributed by atoms with E-state index in [0.29, 0.717) is 6.61 Å². The second-order valence-electron chi connectivity index (χ2n) is 7.51. The predicted molar refractivity (Wildman–Crippen MR) is 98.0 cm³/mol. The molecule has 1 aromatic carbocycles. The lowest BCUT2D eigenvalue weighted by molar-refractivity contribution is -0.207. The van der Waals surface area contributed by atoms with Gasteiger partial charge in [-0.15, -0.1) is 13.7 Å². The average Bonchev–Trinajstić information content (AvgIpc) is 2.50. The highest BCUT2D eigenvalue weighted by molar-refractivity contribution is 7.42. The van der Waals surface area contributed by atoms with Gasteiger partial charge in [0.15, 0.2) is 0 Å². The van der Waals surface area contributed by atoms with Crippen molar-refractivity contribution in [2.45, 2.75) is 52.8 Å². The standard InChI is InChI=1S/C20H29O2P/c1-7-22-16-13-14-20(6,19(4,5)18(16,2)3)23-17(21)15-11-9-8-10-12-15/h8-14,16,21H,7H2,1-6H3/p-1. The van der Waals surface area contributed by atoms with Crippen LogP contribution in [0.5, 0.6) is 0 Å². The van der Waals surface area contributed by atoms with E-state index in [2.05, 4.69) is 46.8 Å². The molecular weight excluding hydrogens is 303 g/mol. The Bertz CT molecular complexity index is 601. The maximum absolute atomic E-state index is 12.7. The molecule has 2 unspecified atom stereocenters. The third-order valence-corrected chi connectivity index (χ3v) is 7.52. The third kappa shape index (κ3) is 3.18. The zero-order valence-electron chi connectivity index (χ0n) is 15.1. The van der Waals surface area contributed by atoms with Crippen LogP contribution in [-0.2, 0) is 4.74 Å². The first-order chi connectivity index (χ1) is 10.7. The highest BCUT2D eigenvalue weighted by Gasteiger charge is 2.54. The normalized spacial score (nSPS) is 29.5. The Kier molecular flexibility index (Phi) is 5.21. The fourth-order valence-electron chi connectivity index (χ4n) is 3.21. The second kappa shape index (κ2) is 6.51. The van der Waals surface area contributed by atoms with E-state index in [9.17, 15) is 5.11 Å². The van der Waals surface area contributed by atoms with Gasteiger partial charge < -0.3 is 9.84 Å². The summed E-state index contributed by atoms with van der Waals surface area (Å²) in [5, 5.41) is 12.5. The summed E-state index contributed by atoms with van der Waals surface area (Å²) < 4.78 is 5.94. The first-order valence-electron chi connectivity index (χ1n) is 8.29. The molecule has 0 fully saturated rings. The molecule has 0 saturated carbocycles. The highest BCUT2D eigenvalue weighted by Crippen LogP contribution is 2.58. The number of hydrogen-bond donors (Lipinski definition) is 0. The molecule has 126 valence electrons. The first-order valence-corrected chi connectivity index (χ1v) is 9.18. The van der Waals surface area contributed by atoms with Gasteiger partial charge in [0.05, 0.1) is 6.10 Å². The smallest absolute Gasteiger partial charge is 0.0812 e. The molecule has 0 N–H and O–H groups in total. The molecule has 0 heterocycles. The van der Waals surface area contributed by atoms with Gasteiger partial charge in [-0.1, -0.05) is 70.2 Å². The Morgan fingerprint density at radius 2 is 1.74 bits per heavy atom. The highest BCUT2D eigenvalue weighted by atomic mass is 31.1. The third-order valence-electron chi connectivity index (χ3n) is 5.88. The molecule has 0 aromatic heterocycles. The predicted octanol–water partition coefficient (Wildman–Crippen LogP) is 4.26. The van der Waals surface area contributed by atoms with Gasteiger partial charge in [0.2, 0.25) is 0 Å². The van der Waals surface area contributed by atoms with E-state index < -0.39 is 0 Å². The van der Waals surface area contributed by atoms with Gasteiger partial charge in [-0.05, 0) is 24.8 Å². The molecule has 3 heteroatoms. The summed E-state index contributed by atoms with van der Waals surface area (Å²) in [6.45, 7) is 13.9. The second-order valence-corrected chi connectivity index (χ2v) is 9.07. The maximum Gasteiger partial charge on any atom is 0.0812 e. The number of allylic oxidation sites excluding steroid dienone is 1. The van der Waals surface area contributed by atoms with Crippen molar-refractivity contribution in [2.75, 3.05) is 6.61 Å². The Labute approximate surface area is 142 Å². The van der Waals surface area contributed by atoms with Crippen LogP contribution in [0.25, 0.3) is 0 Å². The van der Waals surface area contributed by atoms with Crippen LogP contribution in [0.4, 0.5) is 0 Å². The Balaban J connectivity index is 2.46. The monoisotopic (exact) mass is 331 g/mol. The van der Waals surface area contributed by atoms with E-state index >= 15 is 0 Å². The van der Waals surface area contributed by atoms with Gasteiger partial charge in [-0.25, -0.2) is 0 Å². The van der Waals surface area contributed by atoms with E-state index in [-0.39, 0.29) is 27.6 Å². The van der Waals surface area contributed by atoms with Crippen LogP contribution in [0.3, 0.4) is 0 Å². The number of benzene rings is 1. The van der Waals surface area contributed by atoms with Crippen molar-refractivity contribution in [1.82, 2.24) is 0 Å². The zero-order valence-corrected chi connectivity index (χ0v) is 16.0. The fourth-order valence-corrected chi connectivity index (χ4v) is 4.64. The SMILES string of the molecule is CCOC1C=CC(C)(P=C([O-])c2ccccc2)C(C)(C)C1(C)C. The van der Waals surface area contributed by atoms with E-state index in [1.165, 1.54) is 0 Å². The summed E-state index contributed by atoms with van der Waals surface area (Å²) >= 11 is 0. The van der Waals surface area contributed by atoms with Crippen LogP contribution >= 0.6 is 8.20 Å². The molecule has 1 aliphatic carbocycles. The van der Waals surface area contributed by atoms with Crippen molar-refractivity contribution < 1.29 is 9.84 Å². The van der Waals surface area contributed by atoms with Gasteiger partial charge >= 0.3 is 0 Å². The summed E-state index contributed by atoms with van der Waals surface area (Å²) in [7, 11) is 0.819. The zero-order chi connectivity index (χ0) is 17.3. The van der Waals surface area contributed by atoms with E-state index in [4.69, 9.17) is 4.74 Å². The Morgan fingerprint density at radius 3 is 2.30 bits per heavy atom. The van der Waals surface area contributed by atoms with Gasteiger partial charge in [-0.2, -0.15) is 0 Å². The molecule has 0 bridgehead atoms. The minimum Gasteiger partial charge on any atom is -0.824 e. The lowest BCUT2D eigenvalue weighted by Gasteiger charge is -2.56. The van der Waals surface area contributed by atoms with Crippen LogP contribution in [0.15, 0.2) is 42.5 Å².